The van der Waals surface area contributed by atoms with Gasteiger partial charge < -0.3 is 14.8 Å². The first-order valence-corrected chi connectivity index (χ1v) is 8.64. The molecule has 0 aliphatic rings. The lowest BCUT2D eigenvalue weighted by Crippen LogP contribution is -2.39. The van der Waals surface area contributed by atoms with Crippen molar-refractivity contribution in [1.82, 2.24) is 5.32 Å². The molecule has 0 fully saturated rings. The van der Waals surface area contributed by atoms with E-state index in [0.717, 1.165) is 5.56 Å². The molecule has 5 heteroatoms. The third-order valence-electron chi connectivity index (χ3n) is 3.80. The molecule has 5 nitrogen and oxygen atoms in total. The van der Waals surface area contributed by atoms with Crippen molar-refractivity contribution in [2.75, 3.05) is 13.2 Å². The molecule has 1 N–H and O–H groups in total. The van der Waals surface area contributed by atoms with Gasteiger partial charge in [-0.3, -0.25) is 4.79 Å². The minimum absolute atomic E-state index is 0.177. The summed E-state index contributed by atoms with van der Waals surface area (Å²) in [5.74, 6) is 0.583. The third-order valence-corrected chi connectivity index (χ3v) is 3.80. The fraction of sp³-hybridized carbons (Fsp3) is 0.333. The van der Waals surface area contributed by atoms with Crippen molar-refractivity contribution in [2.24, 2.45) is 5.92 Å². The topological polar surface area (TPSA) is 71.3 Å². The molecule has 2 unspecified atom stereocenters. The zero-order valence-electron chi connectivity index (χ0n) is 15.1. The summed E-state index contributed by atoms with van der Waals surface area (Å²) in [6.45, 7) is 5.38. The molecule has 136 valence electrons. The number of carbonyl (C=O) groups is 1. The van der Waals surface area contributed by atoms with Crippen molar-refractivity contribution in [1.29, 1.82) is 5.26 Å². The Kier molecular flexibility index (Phi) is 7.66. The molecule has 2 aromatic rings. The number of amides is 1. The highest BCUT2D eigenvalue weighted by Crippen LogP contribution is 2.13. The molecule has 1 amide bonds. The van der Waals surface area contributed by atoms with Gasteiger partial charge in [-0.1, -0.05) is 37.3 Å². The standard InChI is InChI=1S/C21H24N2O3/c1-16(14-25-15-19-6-4-3-5-7-19)13-23-21(24)17(2)26-20-10-8-18(12-22)9-11-20/h3-11,16-17H,13-15H2,1-2H3,(H,23,24). The van der Waals surface area contributed by atoms with Gasteiger partial charge in [-0.2, -0.15) is 5.26 Å². The normalized spacial score (nSPS) is 12.7. The molecule has 2 aromatic carbocycles. The maximum atomic E-state index is 12.1. The zero-order valence-corrected chi connectivity index (χ0v) is 15.1. The van der Waals surface area contributed by atoms with Crippen LogP contribution in [0.25, 0.3) is 0 Å². The minimum atomic E-state index is -0.611. The number of ether oxygens (including phenoxy) is 2. The number of nitrogens with one attached hydrogen (secondary N) is 1. The Balaban J connectivity index is 1.67. The Morgan fingerprint density at radius 2 is 1.81 bits per heavy atom. The second-order valence-corrected chi connectivity index (χ2v) is 6.25. The van der Waals surface area contributed by atoms with Crippen molar-refractivity contribution in [3.8, 4) is 11.8 Å². The average Bonchev–Trinajstić information content (AvgIpc) is 2.67. The maximum absolute atomic E-state index is 12.1. The van der Waals surface area contributed by atoms with E-state index in [0.29, 0.717) is 31.1 Å². The van der Waals surface area contributed by atoms with Crippen LogP contribution in [0.2, 0.25) is 0 Å². The molecule has 26 heavy (non-hydrogen) atoms. The first-order chi connectivity index (χ1) is 12.6. The molecule has 0 radical (unpaired) electrons. The van der Waals surface area contributed by atoms with Crippen LogP contribution in [0.1, 0.15) is 25.0 Å². The van der Waals surface area contributed by atoms with Gasteiger partial charge in [-0.15, -0.1) is 0 Å². The summed E-state index contributed by atoms with van der Waals surface area (Å²) >= 11 is 0. The van der Waals surface area contributed by atoms with Gasteiger partial charge >= 0.3 is 0 Å². The van der Waals surface area contributed by atoms with E-state index in [-0.39, 0.29) is 11.8 Å². The van der Waals surface area contributed by atoms with E-state index in [1.54, 1.807) is 31.2 Å². The molecule has 2 rings (SSSR count). The van der Waals surface area contributed by atoms with E-state index in [1.165, 1.54) is 0 Å². The zero-order chi connectivity index (χ0) is 18.8. The monoisotopic (exact) mass is 352 g/mol. The van der Waals surface area contributed by atoms with Crippen molar-refractivity contribution < 1.29 is 14.3 Å². The molecule has 0 aliphatic carbocycles. The first kappa shape index (κ1) is 19.5. The van der Waals surface area contributed by atoms with Gasteiger partial charge in [0, 0.05) is 6.54 Å². The van der Waals surface area contributed by atoms with Gasteiger partial charge in [0.1, 0.15) is 5.75 Å². The van der Waals surface area contributed by atoms with E-state index < -0.39 is 6.10 Å². The lowest BCUT2D eigenvalue weighted by molar-refractivity contribution is -0.127. The van der Waals surface area contributed by atoms with Crippen molar-refractivity contribution in [2.45, 2.75) is 26.6 Å². The molecule has 0 saturated heterocycles. The number of rotatable bonds is 9. The summed E-state index contributed by atoms with van der Waals surface area (Å²) in [6, 6.07) is 18.7. The number of carbonyl (C=O) groups excluding carboxylic acids is 1. The predicted octanol–water partition coefficient (Wildman–Crippen LogP) is 3.29. The molecule has 0 spiro atoms. The summed E-state index contributed by atoms with van der Waals surface area (Å²) in [4.78, 5) is 12.1. The van der Waals surface area contributed by atoms with E-state index >= 15 is 0 Å². The molecule has 0 heterocycles. The number of nitriles is 1. The van der Waals surface area contributed by atoms with Gasteiger partial charge in [0.25, 0.3) is 5.91 Å². The quantitative estimate of drug-likeness (QED) is 0.752. The summed E-state index contributed by atoms with van der Waals surface area (Å²) in [5, 5.41) is 11.7. The van der Waals surface area contributed by atoms with Gasteiger partial charge in [-0.05, 0) is 42.7 Å². The Hall–Kier alpha value is -2.84. The van der Waals surface area contributed by atoms with E-state index in [1.807, 2.05) is 43.3 Å². The van der Waals surface area contributed by atoms with Crippen LogP contribution in [0.5, 0.6) is 5.75 Å². The van der Waals surface area contributed by atoms with Gasteiger partial charge in [0.2, 0.25) is 0 Å². The van der Waals surface area contributed by atoms with Crippen LogP contribution in [0.3, 0.4) is 0 Å². The lowest BCUT2D eigenvalue weighted by Gasteiger charge is -2.17. The van der Waals surface area contributed by atoms with Gasteiger partial charge in [-0.25, -0.2) is 0 Å². The van der Waals surface area contributed by atoms with Crippen molar-refractivity contribution in [3.05, 3.63) is 65.7 Å². The highest BCUT2D eigenvalue weighted by Gasteiger charge is 2.15. The summed E-state index contributed by atoms with van der Waals surface area (Å²) in [6.07, 6.45) is -0.611. The number of hydrogen-bond donors (Lipinski definition) is 1. The SMILES string of the molecule is CC(CNC(=O)C(C)Oc1ccc(C#N)cc1)COCc1ccccc1. The fourth-order valence-electron chi connectivity index (χ4n) is 2.30. The molecule has 0 bridgehead atoms. The first-order valence-electron chi connectivity index (χ1n) is 8.64. The highest BCUT2D eigenvalue weighted by atomic mass is 16.5. The fourth-order valence-corrected chi connectivity index (χ4v) is 2.30. The third kappa shape index (κ3) is 6.58. The van der Waals surface area contributed by atoms with Crippen LogP contribution in [-0.4, -0.2) is 25.2 Å². The largest absolute Gasteiger partial charge is 0.481 e. The Bertz CT molecular complexity index is 723. The lowest BCUT2D eigenvalue weighted by atomic mass is 10.2. The summed E-state index contributed by atoms with van der Waals surface area (Å²) < 4.78 is 11.3. The van der Waals surface area contributed by atoms with Crippen LogP contribution >= 0.6 is 0 Å². The molecule has 0 aliphatic heterocycles. The van der Waals surface area contributed by atoms with Crippen LogP contribution < -0.4 is 10.1 Å². The smallest absolute Gasteiger partial charge is 0.260 e. The summed E-state index contributed by atoms with van der Waals surface area (Å²) in [7, 11) is 0. The average molecular weight is 352 g/mol. The minimum Gasteiger partial charge on any atom is -0.481 e. The number of nitrogens with zero attached hydrogens (tertiary/aromatic N) is 1. The Labute approximate surface area is 154 Å². The Morgan fingerprint density at radius 1 is 1.12 bits per heavy atom. The second-order valence-electron chi connectivity index (χ2n) is 6.25. The van der Waals surface area contributed by atoms with Crippen molar-refractivity contribution >= 4 is 5.91 Å². The maximum Gasteiger partial charge on any atom is 0.260 e. The van der Waals surface area contributed by atoms with Crippen LogP contribution in [0, 0.1) is 17.2 Å². The number of hydrogen-bond acceptors (Lipinski definition) is 4. The molecule has 0 aromatic heterocycles. The van der Waals surface area contributed by atoms with E-state index in [4.69, 9.17) is 14.7 Å². The highest BCUT2D eigenvalue weighted by molar-refractivity contribution is 5.80. The predicted molar refractivity (Wildman–Crippen MR) is 99.5 cm³/mol. The molecule has 0 saturated carbocycles. The van der Waals surface area contributed by atoms with Crippen LogP contribution in [-0.2, 0) is 16.1 Å². The van der Waals surface area contributed by atoms with E-state index in [9.17, 15) is 4.79 Å². The van der Waals surface area contributed by atoms with Crippen LogP contribution in [0.15, 0.2) is 54.6 Å². The van der Waals surface area contributed by atoms with Crippen molar-refractivity contribution in [3.63, 3.8) is 0 Å². The van der Waals surface area contributed by atoms with Gasteiger partial charge in [0.15, 0.2) is 6.10 Å². The van der Waals surface area contributed by atoms with Crippen LogP contribution in [0.4, 0.5) is 0 Å². The Morgan fingerprint density at radius 3 is 2.46 bits per heavy atom. The summed E-state index contributed by atoms with van der Waals surface area (Å²) in [5.41, 5.74) is 1.69. The second kappa shape index (κ2) is 10.2. The van der Waals surface area contributed by atoms with E-state index in [2.05, 4.69) is 5.32 Å². The molecular formula is C21H24N2O3. The van der Waals surface area contributed by atoms with Gasteiger partial charge in [0.05, 0.1) is 24.8 Å². The molecular weight excluding hydrogens is 328 g/mol. The number of benzene rings is 2. The molecule has 2 atom stereocenters.